The molecule has 3 rings (SSSR count). The summed E-state index contributed by atoms with van der Waals surface area (Å²) in [5.74, 6) is 1.03. The second kappa shape index (κ2) is 13.2. The largest absolute Gasteiger partial charge is 0.368 e. The van der Waals surface area contributed by atoms with Gasteiger partial charge in [0.1, 0.15) is 12.0 Å². The summed E-state index contributed by atoms with van der Waals surface area (Å²) in [6.07, 6.45) is 6.01. The Bertz CT molecular complexity index is 1060. The number of amides is 1. The highest BCUT2D eigenvalue weighted by atomic mass is 32.2. The first-order valence-electron chi connectivity index (χ1n) is 13.4. The molecular weight excluding hydrogens is 516 g/mol. The quantitative estimate of drug-likeness (QED) is 0.185. The van der Waals surface area contributed by atoms with Crippen LogP contribution < -0.4 is 10.6 Å². The summed E-state index contributed by atoms with van der Waals surface area (Å²) in [7, 11) is 0. The monoisotopic (exact) mass is 558 g/mol. The summed E-state index contributed by atoms with van der Waals surface area (Å²) in [5.41, 5.74) is 2.91. The van der Waals surface area contributed by atoms with E-state index in [0.29, 0.717) is 35.2 Å². The van der Waals surface area contributed by atoms with E-state index in [1.165, 1.54) is 47.5 Å². The van der Waals surface area contributed by atoms with E-state index in [-0.39, 0.29) is 22.4 Å². The molecule has 1 amide bonds. The molecule has 1 aliphatic carbocycles. The Labute approximate surface area is 235 Å². The molecule has 0 radical (unpaired) electrons. The minimum absolute atomic E-state index is 0.0348. The van der Waals surface area contributed by atoms with Gasteiger partial charge in [-0.3, -0.25) is 14.9 Å². The molecule has 0 saturated heterocycles. The van der Waals surface area contributed by atoms with Crippen LogP contribution in [0.25, 0.3) is 0 Å². The van der Waals surface area contributed by atoms with Crippen molar-refractivity contribution >= 4 is 40.9 Å². The van der Waals surface area contributed by atoms with E-state index in [4.69, 9.17) is 0 Å². The van der Waals surface area contributed by atoms with Gasteiger partial charge >= 0.3 is 0 Å². The molecule has 1 aliphatic rings. The zero-order valence-corrected chi connectivity index (χ0v) is 25.1. The van der Waals surface area contributed by atoms with Crippen LogP contribution in [0.4, 0.5) is 11.5 Å². The van der Waals surface area contributed by atoms with Crippen molar-refractivity contribution < 1.29 is 9.72 Å². The maximum Gasteiger partial charge on any atom is 0.287 e. The van der Waals surface area contributed by atoms with E-state index in [0.717, 1.165) is 6.42 Å². The van der Waals surface area contributed by atoms with Gasteiger partial charge in [-0.1, -0.05) is 60.5 Å². The summed E-state index contributed by atoms with van der Waals surface area (Å²) < 4.78 is 0. The molecule has 1 heterocycles. The van der Waals surface area contributed by atoms with Crippen LogP contribution in [-0.2, 0) is 15.6 Å². The molecule has 0 unspecified atom stereocenters. The lowest BCUT2D eigenvalue weighted by Gasteiger charge is -2.32. The molecule has 1 fully saturated rings. The van der Waals surface area contributed by atoms with Crippen LogP contribution >= 0.6 is 23.5 Å². The molecule has 0 spiro atoms. The SMILES string of the molecule is CC(C)(C)c1cc(S[C@@H]2CCCC[C@H]2SCC(=O)NCCNc2ccc([N+](=O)[O-])cn2)cc(C(C)(C)C)c1. The third-order valence-corrected chi connectivity index (χ3v) is 9.68. The third-order valence-electron chi connectivity index (χ3n) is 6.71. The average molecular weight is 559 g/mol. The van der Waals surface area contributed by atoms with Crippen LogP contribution in [0.1, 0.15) is 78.4 Å². The minimum Gasteiger partial charge on any atom is -0.368 e. The molecule has 7 nitrogen and oxygen atoms in total. The van der Waals surface area contributed by atoms with Crippen molar-refractivity contribution in [3.8, 4) is 0 Å². The van der Waals surface area contributed by atoms with E-state index >= 15 is 0 Å². The highest BCUT2D eigenvalue weighted by Gasteiger charge is 2.28. The van der Waals surface area contributed by atoms with E-state index in [1.54, 1.807) is 17.8 Å². The number of pyridine rings is 1. The molecule has 38 heavy (non-hydrogen) atoms. The summed E-state index contributed by atoms with van der Waals surface area (Å²) in [6.45, 7) is 14.6. The number of hydrogen-bond donors (Lipinski definition) is 2. The number of thioether (sulfide) groups is 2. The summed E-state index contributed by atoms with van der Waals surface area (Å²) >= 11 is 3.78. The van der Waals surface area contributed by atoms with Crippen LogP contribution in [0.2, 0.25) is 0 Å². The number of carbonyl (C=O) groups excluding carboxylic acids is 1. The Hall–Kier alpha value is -2.26. The first-order valence-corrected chi connectivity index (χ1v) is 15.3. The van der Waals surface area contributed by atoms with E-state index < -0.39 is 4.92 Å². The lowest BCUT2D eigenvalue weighted by Crippen LogP contribution is -2.32. The topological polar surface area (TPSA) is 97.2 Å². The zero-order valence-electron chi connectivity index (χ0n) is 23.5. The number of aromatic nitrogens is 1. The lowest BCUT2D eigenvalue weighted by atomic mass is 9.81. The molecular formula is C29H42N4O3S2. The zero-order chi connectivity index (χ0) is 27.9. The normalized spacial score (nSPS) is 18.2. The van der Waals surface area contributed by atoms with Crippen LogP contribution in [0, 0.1) is 10.1 Å². The Kier molecular flexibility index (Phi) is 10.5. The summed E-state index contributed by atoms with van der Waals surface area (Å²) in [5, 5.41) is 17.7. The van der Waals surface area contributed by atoms with Crippen molar-refractivity contribution in [2.75, 3.05) is 24.2 Å². The Balaban J connectivity index is 1.51. The number of nitrogens with zero attached hydrogens (tertiary/aromatic N) is 2. The number of hydrogen-bond acceptors (Lipinski definition) is 7. The first-order chi connectivity index (χ1) is 17.8. The molecule has 2 N–H and O–H groups in total. The van der Waals surface area contributed by atoms with Gasteiger partial charge in [-0.05, 0) is 53.0 Å². The standard InChI is InChI=1S/C29H42N4O3S2/c1-28(2,3)20-15-21(29(4,5)6)17-23(16-20)38-25-10-8-7-9-24(25)37-19-27(34)31-14-13-30-26-12-11-22(18-32-26)33(35)36/h11-12,15-18,24-25H,7-10,13-14,19H2,1-6H3,(H,30,32)(H,31,34)/t24-,25-/m1/s1. The number of anilines is 1. The van der Waals surface area contributed by atoms with Gasteiger partial charge in [0.15, 0.2) is 0 Å². The average Bonchev–Trinajstić information content (AvgIpc) is 2.85. The second-order valence-corrected chi connectivity index (χ2v) is 14.5. The van der Waals surface area contributed by atoms with Crippen LogP contribution in [-0.4, -0.2) is 45.2 Å². The molecule has 9 heteroatoms. The Morgan fingerprint density at radius 2 is 1.63 bits per heavy atom. The predicted octanol–water partition coefficient (Wildman–Crippen LogP) is 6.95. The Morgan fingerprint density at radius 1 is 1.00 bits per heavy atom. The smallest absolute Gasteiger partial charge is 0.287 e. The van der Waals surface area contributed by atoms with Crippen molar-refractivity contribution in [3.63, 3.8) is 0 Å². The van der Waals surface area contributed by atoms with Gasteiger partial charge in [0.05, 0.1) is 10.7 Å². The highest BCUT2D eigenvalue weighted by molar-refractivity contribution is 8.04. The van der Waals surface area contributed by atoms with Gasteiger partial charge < -0.3 is 10.6 Å². The molecule has 0 bridgehead atoms. The van der Waals surface area contributed by atoms with Crippen molar-refractivity contribution in [2.24, 2.45) is 0 Å². The third kappa shape index (κ3) is 9.19. The number of rotatable bonds is 10. The number of carbonyl (C=O) groups is 1. The van der Waals surface area contributed by atoms with Crippen LogP contribution in [0.3, 0.4) is 0 Å². The van der Waals surface area contributed by atoms with Crippen molar-refractivity contribution in [2.45, 2.75) is 93.5 Å². The second-order valence-electron chi connectivity index (χ2n) is 12.0. The van der Waals surface area contributed by atoms with E-state index in [2.05, 4.69) is 75.4 Å². The van der Waals surface area contributed by atoms with Gasteiger partial charge in [0.25, 0.3) is 5.69 Å². The summed E-state index contributed by atoms with van der Waals surface area (Å²) in [4.78, 5) is 28.2. The number of nitro groups is 1. The molecule has 1 aromatic carbocycles. The molecule has 208 valence electrons. The fourth-order valence-corrected chi connectivity index (χ4v) is 7.19. The predicted molar refractivity (Wildman–Crippen MR) is 161 cm³/mol. The van der Waals surface area contributed by atoms with Crippen molar-refractivity contribution in [1.82, 2.24) is 10.3 Å². The maximum atomic E-state index is 12.5. The maximum absolute atomic E-state index is 12.5. The molecule has 2 atom stereocenters. The summed E-state index contributed by atoms with van der Waals surface area (Å²) in [6, 6.07) is 10.1. The lowest BCUT2D eigenvalue weighted by molar-refractivity contribution is -0.385. The van der Waals surface area contributed by atoms with Gasteiger partial charge in [-0.2, -0.15) is 0 Å². The van der Waals surface area contributed by atoms with Gasteiger partial charge in [-0.15, -0.1) is 23.5 Å². The first kappa shape index (κ1) is 30.3. The highest BCUT2D eigenvalue weighted by Crippen LogP contribution is 2.42. The van der Waals surface area contributed by atoms with Gasteiger partial charge in [0.2, 0.25) is 5.91 Å². The Morgan fingerprint density at radius 3 is 2.18 bits per heavy atom. The van der Waals surface area contributed by atoms with Crippen molar-refractivity contribution in [3.05, 3.63) is 57.8 Å². The van der Waals surface area contributed by atoms with Gasteiger partial charge in [-0.25, -0.2) is 4.98 Å². The van der Waals surface area contributed by atoms with Gasteiger partial charge in [0, 0.05) is 34.6 Å². The number of benzene rings is 1. The molecule has 1 saturated carbocycles. The van der Waals surface area contributed by atoms with Crippen LogP contribution in [0.5, 0.6) is 0 Å². The minimum atomic E-state index is -0.476. The molecule has 0 aliphatic heterocycles. The molecule has 1 aromatic heterocycles. The van der Waals surface area contributed by atoms with Crippen LogP contribution in [0.15, 0.2) is 41.4 Å². The van der Waals surface area contributed by atoms with E-state index in [1.807, 2.05) is 11.8 Å². The number of nitrogens with one attached hydrogen (secondary N) is 2. The van der Waals surface area contributed by atoms with E-state index in [9.17, 15) is 14.9 Å². The fraction of sp³-hybridized carbons (Fsp3) is 0.586. The van der Waals surface area contributed by atoms with Crippen molar-refractivity contribution in [1.29, 1.82) is 0 Å². The fourth-order valence-electron chi connectivity index (χ4n) is 4.32. The molecule has 2 aromatic rings.